The summed E-state index contributed by atoms with van der Waals surface area (Å²) in [4.78, 5) is 8.92. The predicted molar refractivity (Wildman–Crippen MR) is 134 cm³/mol. The van der Waals surface area contributed by atoms with Crippen LogP contribution in [0.5, 0.6) is 0 Å². The molecule has 0 fully saturated rings. The van der Waals surface area contributed by atoms with Crippen molar-refractivity contribution in [3.63, 3.8) is 0 Å². The first-order chi connectivity index (χ1) is 14.7. The van der Waals surface area contributed by atoms with Gasteiger partial charge in [0.1, 0.15) is 0 Å². The van der Waals surface area contributed by atoms with Gasteiger partial charge in [0.05, 0.1) is 26.4 Å². The second-order valence-electron chi connectivity index (χ2n) is 6.54. The summed E-state index contributed by atoms with van der Waals surface area (Å²) in [7, 11) is 0. The number of guanidine groups is 1. The molecule has 1 heterocycles. The van der Waals surface area contributed by atoms with Crippen LogP contribution in [0.2, 0.25) is 5.02 Å². The molecule has 0 amide bonds. The minimum absolute atomic E-state index is 0. The van der Waals surface area contributed by atoms with E-state index in [-0.39, 0.29) is 24.0 Å². The van der Waals surface area contributed by atoms with Gasteiger partial charge < -0.3 is 24.6 Å². The monoisotopic (exact) mass is 565 g/mol. The smallest absolute Gasteiger partial charge is 0.228 e. The molecule has 2 N–H and O–H groups in total. The van der Waals surface area contributed by atoms with Crippen LogP contribution in [0.3, 0.4) is 0 Å². The molecule has 0 spiro atoms. The lowest BCUT2D eigenvalue weighted by atomic mass is 10.2. The average molecular weight is 566 g/mol. The number of hydrogen-bond acceptors (Lipinski definition) is 6. The van der Waals surface area contributed by atoms with E-state index in [0.717, 1.165) is 37.5 Å². The molecule has 0 aliphatic rings. The Labute approximate surface area is 206 Å². The quantitative estimate of drug-likeness (QED) is 0.155. The first kappa shape index (κ1) is 27.6. The summed E-state index contributed by atoms with van der Waals surface area (Å²) in [5.74, 6) is 1.82. The van der Waals surface area contributed by atoms with Crippen molar-refractivity contribution < 1.29 is 14.0 Å². The Morgan fingerprint density at radius 2 is 1.94 bits per heavy atom. The Bertz CT molecular complexity index is 760. The van der Waals surface area contributed by atoms with Gasteiger partial charge in [-0.2, -0.15) is 4.98 Å². The normalized spacial score (nSPS) is 11.3. The van der Waals surface area contributed by atoms with Crippen molar-refractivity contribution in [3.8, 4) is 11.4 Å². The van der Waals surface area contributed by atoms with Crippen molar-refractivity contribution in [2.75, 3.05) is 46.1 Å². The Morgan fingerprint density at radius 3 is 2.68 bits per heavy atom. The molecule has 0 radical (unpaired) electrons. The van der Waals surface area contributed by atoms with E-state index >= 15 is 0 Å². The number of aliphatic imine (C=N–C) groups is 1. The number of rotatable bonds is 14. The molecular formula is C21H33ClIN5O3. The van der Waals surface area contributed by atoms with Crippen LogP contribution in [0, 0.1) is 0 Å². The molecule has 1 aromatic heterocycles. The van der Waals surface area contributed by atoms with Crippen LogP contribution >= 0.6 is 35.6 Å². The number of hydrogen-bond donors (Lipinski definition) is 2. The van der Waals surface area contributed by atoms with E-state index in [1.165, 1.54) is 0 Å². The van der Waals surface area contributed by atoms with Crippen LogP contribution in [0.1, 0.15) is 32.6 Å². The van der Waals surface area contributed by atoms with E-state index in [1.54, 1.807) is 0 Å². The van der Waals surface area contributed by atoms with Gasteiger partial charge in [-0.25, -0.2) is 0 Å². The van der Waals surface area contributed by atoms with Crippen LogP contribution in [-0.2, 0) is 15.9 Å². The van der Waals surface area contributed by atoms with E-state index in [1.807, 2.05) is 31.2 Å². The first-order valence-corrected chi connectivity index (χ1v) is 10.9. The van der Waals surface area contributed by atoms with Crippen molar-refractivity contribution in [2.24, 2.45) is 4.99 Å². The van der Waals surface area contributed by atoms with Gasteiger partial charge in [0.15, 0.2) is 5.96 Å². The number of ether oxygens (including phenoxy) is 2. The summed E-state index contributed by atoms with van der Waals surface area (Å²) in [5, 5.41) is 11.1. The van der Waals surface area contributed by atoms with Gasteiger partial charge >= 0.3 is 0 Å². The Kier molecular flexibility index (Phi) is 15.3. The highest BCUT2D eigenvalue weighted by atomic mass is 127. The van der Waals surface area contributed by atoms with Crippen molar-refractivity contribution in [3.05, 3.63) is 35.2 Å². The topological polar surface area (TPSA) is 93.8 Å². The molecule has 8 nitrogen and oxygen atoms in total. The Balaban J connectivity index is 0.00000480. The fourth-order valence-electron chi connectivity index (χ4n) is 2.52. The van der Waals surface area contributed by atoms with E-state index in [0.29, 0.717) is 56.1 Å². The summed E-state index contributed by atoms with van der Waals surface area (Å²) in [6.07, 6.45) is 2.82. The zero-order valence-corrected chi connectivity index (χ0v) is 21.3. The Hall–Kier alpha value is -1.43. The lowest BCUT2D eigenvalue weighted by Gasteiger charge is -2.10. The highest BCUT2D eigenvalue weighted by Crippen LogP contribution is 2.19. The molecule has 31 heavy (non-hydrogen) atoms. The van der Waals surface area contributed by atoms with Crippen molar-refractivity contribution in [2.45, 2.75) is 33.1 Å². The van der Waals surface area contributed by atoms with Gasteiger partial charge in [0.25, 0.3) is 0 Å². The molecule has 0 unspecified atom stereocenters. The summed E-state index contributed by atoms with van der Waals surface area (Å²) in [6.45, 7) is 8.72. The molecule has 0 atom stereocenters. The first-order valence-electron chi connectivity index (χ1n) is 10.5. The second kappa shape index (κ2) is 17.2. The van der Waals surface area contributed by atoms with Crippen molar-refractivity contribution in [1.29, 1.82) is 0 Å². The average Bonchev–Trinajstić information content (AvgIpc) is 3.21. The van der Waals surface area contributed by atoms with Crippen molar-refractivity contribution >= 4 is 41.5 Å². The molecule has 0 saturated carbocycles. The summed E-state index contributed by atoms with van der Waals surface area (Å²) in [5.41, 5.74) is 0.830. The molecule has 2 rings (SSSR count). The molecular weight excluding hydrogens is 533 g/mol. The maximum absolute atomic E-state index is 6.01. The van der Waals surface area contributed by atoms with Gasteiger partial charge in [-0.1, -0.05) is 42.2 Å². The zero-order chi connectivity index (χ0) is 21.4. The van der Waals surface area contributed by atoms with Gasteiger partial charge in [-0.15, -0.1) is 24.0 Å². The fourth-order valence-corrected chi connectivity index (χ4v) is 2.71. The van der Waals surface area contributed by atoms with Gasteiger partial charge in [0, 0.05) is 36.7 Å². The summed E-state index contributed by atoms with van der Waals surface area (Å²) < 4.78 is 16.3. The highest BCUT2D eigenvalue weighted by Gasteiger charge is 2.09. The largest absolute Gasteiger partial charge is 0.379 e. The van der Waals surface area contributed by atoms with Crippen LogP contribution < -0.4 is 10.6 Å². The van der Waals surface area contributed by atoms with Crippen LogP contribution in [0.25, 0.3) is 11.4 Å². The molecule has 1 aromatic carbocycles. The summed E-state index contributed by atoms with van der Waals surface area (Å²) in [6, 6.07) is 7.37. The van der Waals surface area contributed by atoms with Gasteiger partial charge in [0.2, 0.25) is 11.7 Å². The Morgan fingerprint density at radius 1 is 1.13 bits per heavy atom. The molecule has 10 heteroatoms. The van der Waals surface area contributed by atoms with E-state index in [9.17, 15) is 0 Å². The summed E-state index contributed by atoms with van der Waals surface area (Å²) >= 11 is 6.01. The predicted octanol–water partition coefficient (Wildman–Crippen LogP) is 3.94. The number of benzene rings is 1. The van der Waals surface area contributed by atoms with Crippen LogP contribution in [0.4, 0.5) is 0 Å². The third-order valence-electron chi connectivity index (χ3n) is 4.05. The SMILES string of the molecule is CCCCOCCOCCN=C(NCC)NCCc1nc(-c2cccc(Cl)c2)no1.I. The molecule has 0 aliphatic heterocycles. The number of aromatic nitrogens is 2. The maximum Gasteiger partial charge on any atom is 0.228 e. The highest BCUT2D eigenvalue weighted by molar-refractivity contribution is 14.0. The standard InChI is InChI=1S/C21H32ClN5O3.HI/c1-3-5-12-28-14-15-29-13-11-25-21(23-4-2)24-10-9-19-26-20(27-30-19)17-7-6-8-18(22)16-17;/h6-8,16H,3-5,9-15H2,1-2H3,(H2,23,24,25);1H. The lowest BCUT2D eigenvalue weighted by Crippen LogP contribution is -2.38. The van der Waals surface area contributed by atoms with Crippen molar-refractivity contribution in [1.82, 2.24) is 20.8 Å². The van der Waals surface area contributed by atoms with E-state index in [4.69, 9.17) is 25.6 Å². The minimum Gasteiger partial charge on any atom is -0.379 e. The molecule has 174 valence electrons. The molecule has 0 aliphatic carbocycles. The third-order valence-corrected chi connectivity index (χ3v) is 4.28. The minimum atomic E-state index is 0. The molecule has 2 aromatic rings. The number of halogens is 2. The van der Waals surface area contributed by atoms with Crippen LogP contribution in [-0.4, -0.2) is 62.2 Å². The van der Waals surface area contributed by atoms with E-state index < -0.39 is 0 Å². The van der Waals surface area contributed by atoms with Gasteiger partial charge in [-0.3, -0.25) is 4.99 Å². The van der Waals surface area contributed by atoms with E-state index in [2.05, 4.69) is 32.7 Å². The fraction of sp³-hybridized carbons (Fsp3) is 0.571. The second-order valence-corrected chi connectivity index (χ2v) is 6.97. The number of unbranched alkanes of at least 4 members (excludes halogenated alkanes) is 1. The number of nitrogens with zero attached hydrogens (tertiary/aromatic N) is 3. The lowest BCUT2D eigenvalue weighted by molar-refractivity contribution is 0.0497. The molecule has 0 bridgehead atoms. The van der Waals surface area contributed by atoms with Crippen LogP contribution in [0.15, 0.2) is 33.8 Å². The number of nitrogens with one attached hydrogen (secondary N) is 2. The third kappa shape index (κ3) is 11.7. The molecule has 0 saturated heterocycles. The van der Waals surface area contributed by atoms with Gasteiger partial charge in [-0.05, 0) is 25.5 Å². The zero-order valence-electron chi connectivity index (χ0n) is 18.2. The maximum atomic E-state index is 6.01.